The summed E-state index contributed by atoms with van der Waals surface area (Å²) in [6.07, 6.45) is 0. The summed E-state index contributed by atoms with van der Waals surface area (Å²) in [6.45, 7) is 1.62. The lowest BCUT2D eigenvalue weighted by Crippen LogP contribution is -2.16. The van der Waals surface area contributed by atoms with Gasteiger partial charge < -0.3 is 0 Å². The number of aryl methyl sites for hydroxylation is 1. The van der Waals surface area contributed by atoms with Gasteiger partial charge in [0.1, 0.15) is 16.6 Å². The molecule has 96 valence electrons. The van der Waals surface area contributed by atoms with Crippen molar-refractivity contribution in [3.8, 4) is 0 Å². The zero-order valence-electron chi connectivity index (χ0n) is 9.02. The highest BCUT2D eigenvalue weighted by Crippen LogP contribution is 2.23. The van der Waals surface area contributed by atoms with E-state index in [1.807, 2.05) is 4.72 Å². The summed E-state index contributed by atoms with van der Waals surface area (Å²) in [5.74, 6) is -2.33. The third-order valence-electron chi connectivity index (χ3n) is 1.94. The molecule has 0 spiro atoms. The molecule has 0 atom stereocenters. The Balaban J connectivity index is 2.43. The molecule has 18 heavy (non-hydrogen) atoms. The zero-order chi connectivity index (χ0) is 13.3. The highest BCUT2D eigenvalue weighted by atomic mass is 32.2. The molecule has 1 heterocycles. The van der Waals surface area contributed by atoms with E-state index < -0.39 is 26.6 Å². The summed E-state index contributed by atoms with van der Waals surface area (Å²) in [7, 11) is -4.35. The summed E-state index contributed by atoms with van der Waals surface area (Å²) in [5.41, 5.74) is 0. The maximum Gasteiger partial charge on any atom is 0.269 e. The van der Waals surface area contributed by atoms with Gasteiger partial charge in [-0.1, -0.05) is 17.4 Å². The van der Waals surface area contributed by atoms with Crippen molar-refractivity contribution in [3.05, 3.63) is 34.8 Å². The Morgan fingerprint density at radius 2 is 1.83 bits per heavy atom. The van der Waals surface area contributed by atoms with Crippen molar-refractivity contribution in [2.45, 2.75) is 11.8 Å². The SMILES string of the molecule is Cc1nnc(NS(=O)(=O)c2c(F)cccc2F)s1. The van der Waals surface area contributed by atoms with Crippen LogP contribution < -0.4 is 4.72 Å². The molecule has 0 unspecified atom stereocenters. The van der Waals surface area contributed by atoms with Crippen molar-refractivity contribution in [2.24, 2.45) is 0 Å². The van der Waals surface area contributed by atoms with Gasteiger partial charge in [0.15, 0.2) is 4.90 Å². The first kappa shape index (κ1) is 12.8. The van der Waals surface area contributed by atoms with Crippen molar-refractivity contribution >= 4 is 26.5 Å². The van der Waals surface area contributed by atoms with Crippen molar-refractivity contribution in [2.75, 3.05) is 4.72 Å². The molecule has 0 fully saturated rings. The molecule has 1 N–H and O–H groups in total. The minimum Gasteiger partial charge on any atom is -0.253 e. The van der Waals surface area contributed by atoms with E-state index in [-0.39, 0.29) is 5.13 Å². The number of hydrogen-bond acceptors (Lipinski definition) is 5. The lowest BCUT2D eigenvalue weighted by molar-refractivity contribution is 0.521. The zero-order valence-corrected chi connectivity index (χ0v) is 10.6. The molecule has 0 aliphatic carbocycles. The normalized spacial score (nSPS) is 11.5. The fourth-order valence-corrected chi connectivity index (χ4v) is 3.20. The molecule has 0 radical (unpaired) electrons. The van der Waals surface area contributed by atoms with Crippen molar-refractivity contribution in [1.82, 2.24) is 10.2 Å². The molecule has 0 saturated heterocycles. The minimum atomic E-state index is -4.35. The molecule has 0 saturated carbocycles. The summed E-state index contributed by atoms with van der Waals surface area (Å²) >= 11 is 0.964. The second-order valence-corrected chi connectivity index (χ2v) is 6.08. The molecule has 0 aliphatic rings. The average Bonchev–Trinajstić information content (AvgIpc) is 2.62. The number of nitrogens with one attached hydrogen (secondary N) is 1. The third kappa shape index (κ3) is 2.46. The summed E-state index contributed by atoms with van der Waals surface area (Å²) in [6, 6.07) is 2.81. The Kier molecular flexibility index (Phi) is 3.26. The standard InChI is InChI=1S/C9H7F2N3O2S2/c1-5-12-13-9(17-5)14-18(15,16)8-6(10)3-2-4-7(8)11/h2-4H,1H3,(H,13,14). The molecule has 1 aromatic carbocycles. The topological polar surface area (TPSA) is 72.0 Å². The van der Waals surface area contributed by atoms with Crippen LogP contribution in [0.5, 0.6) is 0 Å². The summed E-state index contributed by atoms with van der Waals surface area (Å²) in [4.78, 5) is -1.03. The molecular formula is C9H7F2N3O2S2. The quantitative estimate of drug-likeness (QED) is 0.938. The van der Waals surface area contributed by atoms with Crippen LogP contribution in [0.15, 0.2) is 23.1 Å². The summed E-state index contributed by atoms with van der Waals surface area (Å²) < 4.78 is 52.3. The van der Waals surface area contributed by atoms with Crippen LogP contribution in [-0.4, -0.2) is 18.6 Å². The number of aromatic nitrogens is 2. The lowest BCUT2D eigenvalue weighted by Gasteiger charge is -2.06. The van der Waals surface area contributed by atoms with E-state index >= 15 is 0 Å². The molecule has 0 amide bonds. The van der Waals surface area contributed by atoms with Gasteiger partial charge in [0.25, 0.3) is 10.0 Å². The number of sulfonamides is 1. The second-order valence-electron chi connectivity index (χ2n) is 3.28. The molecule has 2 aromatic rings. The molecule has 2 rings (SSSR count). The van der Waals surface area contributed by atoms with Crippen molar-refractivity contribution in [1.29, 1.82) is 0 Å². The highest BCUT2D eigenvalue weighted by molar-refractivity contribution is 7.93. The first-order valence-corrected chi connectivity index (χ1v) is 6.97. The van der Waals surface area contributed by atoms with Gasteiger partial charge >= 0.3 is 0 Å². The molecule has 0 aliphatic heterocycles. The van der Waals surface area contributed by atoms with E-state index in [0.29, 0.717) is 5.01 Å². The fraction of sp³-hybridized carbons (Fsp3) is 0.111. The molecule has 9 heteroatoms. The van der Waals surface area contributed by atoms with E-state index in [0.717, 1.165) is 29.5 Å². The largest absolute Gasteiger partial charge is 0.269 e. The number of anilines is 1. The van der Waals surface area contributed by atoms with Gasteiger partial charge in [-0.15, -0.1) is 10.2 Å². The fourth-order valence-electron chi connectivity index (χ4n) is 1.24. The number of nitrogens with zero attached hydrogens (tertiary/aromatic N) is 2. The van der Waals surface area contributed by atoms with Crippen LogP contribution in [0, 0.1) is 18.6 Å². The van der Waals surface area contributed by atoms with E-state index in [9.17, 15) is 17.2 Å². The van der Waals surface area contributed by atoms with Crippen molar-refractivity contribution in [3.63, 3.8) is 0 Å². The molecule has 1 aromatic heterocycles. The van der Waals surface area contributed by atoms with Gasteiger partial charge in [0.05, 0.1) is 0 Å². The van der Waals surface area contributed by atoms with E-state index in [1.165, 1.54) is 0 Å². The van der Waals surface area contributed by atoms with Gasteiger partial charge in [-0.25, -0.2) is 17.2 Å². The Morgan fingerprint density at radius 3 is 2.33 bits per heavy atom. The van der Waals surface area contributed by atoms with E-state index in [2.05, 4.69) is 10.2 Å². The molecule has 5 nitrogen and oxygen atoms in total. The molecular weight excluding hydrogens is 284 g/mol. The Morgan fingerprint density at radius 1 is 1.22 bits per heavy atom. The van der Waals surface area contributed by atoms with Gasteiger partial charge in [0.2, 0.25) is 5.13 Å². The van der Waals surface area contributed by atoms with Gasteiger partial charge in [-0.3, -0.25) is 4.72 Å². The third-order valence-corrected chi connectivity index (χ3v) is 4.21. The van der Waals surface area contributed by atoms with Crippen LogP contribution in [-0.2, 0) is 10.0 Å². The maximum atomic E-state index is 13.4. The molecule has 0 bridgehead atoms. The summed E-state index contributed by atoms with van der Waals surface area (Å²) in [5, 5.41) is 7.60. The van der Waals surface area contributed by atoms with Crippen LogP contribution in [0.3, 0.4) is 0 Å². The first-order chi connectivity index (χ1) is 8.40. The maximum absolute atomic E-state index is 13.4. The smallest absolute Gasteiger partial charge is 0.253 e. The van der Waals surface area contributed by atoms with Gasteiger partial charge in [-0.05, 0) is 19.1 Å². The Hall–Kier alpha value is -1.61. The Bertz CT molecular complexity index is 665. The number of halogens is 2. The monoisotopic (exact) mass is 291 g/mol. The minimum absolute atomic E-state index is 0.0462. The van der Waals surface area contributed by atoms with Crippen LogP contribution in [0.2, 0.25) is 0 Å². The first-order valence-electron chi connectivity index (χ1n) is 4.67. The van der Waals surface area contributed by atoms with Crippen LogP contribution in [0.1, 0.15) is 5.01 Å². The predicted molar refractivity (Wildman–Crippen MR) is 61.8 cm³/mol. The lowest BCUT2D eigenvalue weighted by atomic mass is 10.3. The number of benzene rings is 1. The van der Waals surface area contributed by atoms with Crippen LogP contribution in [0.25, 0.3) is 0 Å². The van der Waals surface area contributed by atoms with Gasteiger partial charge in [0, 0.05) is 0 Å². The number of rotatable bonds is 3. The highest BCUT2D eigenvalue weighted by Gasteiger charge is 2.24. The van der Waals surface area contributed by atoms with E-state index in [4.69, 9.17) is 0 Å². The van der Waals surface area contributed by atoms with Gasteiger partial charge in [-0.2, -0.15) is 0 Å². The van der Waals surface area contributed by atoms with Crippen LogP contribution in [0.4, 0.5) is 13.9 Å². The predicted octanol–water partition coefficient (Wildman–Crippen LogP) is 1.93. The second kappa shape index (κ2) is 4.58. The van der Waals surface area contributed by atoms with Crippen molar-refractivity contribution < 1.29 is 17.2 Å². The van der Waals surface area contributed by atoms with Crippen LogP contribution >= 0.6 is 11.3 Å². The Labute approximate surface area is 106 Å². The number of hydrogen-bond donors (Lipinski definition) is 1. The average molecular weight is 291 g/mol. The van der Waals surface area contributed by atoms with E-state index in [1.54, 1.807) is 6.92 Å².